The summed E-state index contributed by atoms with van der Waals surface area (Å²) in [6.45, 7) is 0.613. The molecule has 1 saturated carbocycles. The lowest BCUT2D eigenvalue weighted by Crippen LogP contribution is -2.14. The van der Waals surface area contributed by atoms with Crippen LogP contribution >= 0.6 is 9.39 Å². The molecule has 1 aliphatic rings. The highest BCUT2D eigenvalue weighted by Crippen LogP contribution is 2.21. The molecule has 1 aromatic heterocycles. The second kappa shape index (κ2) is 10.1. The van der Waals surface area contributed by atoms with Crippen LogP contribution in [0.4, 0.5) is 5.69 Å². The Labute approximate surface area is 131 Å². The van der Waals surface area contributed by atoms with Gasteiger partial charge < -0.3 is 9.82 Å². The molecule has 1 aliphatic carbocycles. The van der Waals surface area contributed by atoms with Crippen molar-refractivity contribution in [3.8, 4) is 0 Å². The van der Waals surface area contributed by atoms with Crippen LogP contribution in [-0.4, -0.2) is 11.1 Å². The first-order valence-electron chi connectivity index (χ1n) is 8.42. The number of ether oxygens (including phenoxy) is 1. The lowest BCUT2D eigenvalue weighted by Gasteiger charge is -2.18. The van der Waals surface area contributed by atoms with Gasteiger partial charge in [-0.15, -0.1) is 0 Å². The molecule has 3 nitrogen and oxygen atoms in total. The average Bonchev–Trinajstić information content (AvgIpc) is 2.59. The zero-order valence-electron chi connectivity index (χ0n) is 13.0. The maximum absolute atomic E-state index is 6.17. The van der Waals surface area contributed by atoms with E-state index in [2.05, 4.69) is 19.5 Å². The maximum atomic E-state index is 6.17. The van der Waals surface area contributed by atoms with Gasteiger partial charge >= 0.3 is 0 Å². The molecule has 118 valence electrons. The first-order chi connectivity index (χ1) is 10.4. The summed E-state index contributed by atoms with van der Waals surface area (Å²) in [4.78, 5) is 4.42. The van der Waals surface area contributed by atoms with Crippen molar-refractivity contribution in [2.75, 3.05) is 5.09 Å². The van der Waals surface area contributed by atoms with Gasteiger partial charge in [0.1, 0.15) is 0 Å². The van der Waals surface area contributed by atoms with E-state index < -0.39 is 0 Å². The number of pyridine rings is 1. The second-order valence-electron chi connectivity index (χ2n) is 5.98. The molecule has 0 saturated heterocycles. The fourth-order valence-corrected chi connectivity index (χ4v) is 3.26. The van der Waals surface area contributed by atoms with Crippen LogP contribution in [0.3, 0.4) is 0 Å². The van der Waals surface area contributed by atoms with Gasteiger partial charge in [0.25, 0.3) is 0 Å². The molecular formula is C17H29N2OP. The molecular weight excluding hydrogens is 279 g/mol. The van der Waals surface area contributed by atoms with Crippen LogP contribution in [-0.2, 0) is 11.3 Å². The van der Waals surface area contributed by atoms with E-state index in [4.69, 9.17) is 4.74 Å². The molecule has 0 radical (unpaired) electrons. The molecule has 1 heterocycles. The molecule has 0 amide bonds. The number of aromatic nitrogens is 1. The van der Waals surface area contributed by atoms with Crippen LogP contribution < -0.4 is 5.09 Å². The minimum atomic E-state index is 0.405. The summed E-state index contributed by atoms with van der Waals surface area (Å²) < 4.78 is 6.17. The van der Waals surface area contributed by atoms with Crippen LogP contribution in [0.1, 0.15) is 69.9 Å². The third-order valence-corrected chi connectivity index (χ3v) is 4.61. The molecule has 0 bridgehead atoms. The Balaban J connectivity index is 1.83. The lowest BCUT2D eigenvalue weighted by atomic mass is 10.1. The monoisotopic (exact) mass is 308 g/mol. The Morgan fingerprint density at radius 3 is 2.29 bits per heavy atom. The first-order valence-corrected chi connectivity index (χ1v) is 9.00. The zero-order valence-corrected chi connectivity index (χ0v) is 14.2. The topological polar surface area (TPSA) is 34.2 Å². The summed E-state index contributed by atoms with van der Waals surface area (Å²) in [5, 5.41) is 3.11. The van der Waals surface area contributed by atoms with Crippen molar-refractivity contribution in [2.24, 2.45) is 0 Å². The smallest absolute Gasteiger partial charge is 0.0912 e. The summed E-state index contributed by atoms with van der Waals surface area (Å²) in [5.41, 5.74) is 2.04. The Hall–Kier alpha value is -0.660. The van der Waals surface area contributed by atoms with Gasteiger partial charge in [0.2, 0.25) is 0 Å². The number of nitrogens with zero attached hydrogens (tertiary/aromatic N) is 1. The molecule has 0 spiro atoms. The number of hydrogen-bond acceptors (Lipinski definition) is 3. The van der Waals surface area contributed by atoms with E-state index in [9.17, 15) is 0 Å². The van der Waals surface area contributed by atoms with E-state index in [0.29, 0.717) is 12.7 Å². The maximum Gasteiger partial charge on any atom is 0.0912 e. The van der Waals surface area contributed by atoms with Crippen molar-refractivity contribution in [3.05, 3.63) is 24.0 Å². The van der Waals surface area contributed by atoms with Crippen molar-refractivity contribution in [1.82, 2.24) is 4.98 Å². The van der Waals surface area contributed by atoms with Gasteiger partial charge in [0.05, 0.1) is 24.1 Å². The highest BCUT2D eigenvalue weighted by Gasteiger charge is 2.12. The molecule has 1 fully saturated rings. The highest BCUT2D eigenvalue weighted by molar-refractivity contribution is 7.18. The van der Waals surface area contributed by atoms with Crippen molar-refractivity contribution in [2.45, 2.75) is 76.9 Å². The molecule has 1 N–H and O–H groups in total. The summed E-state index contributed by atoms with van der Waals surface area (Å²) in [6, 6.07) is 3.99. The average molecular weight is 308 g/mol. The molecule has 1 aromatic rings. The van der Waals surface area contributed by atoms with E-state index >= 15 is 0 Å². The lowest BCUT2D eigenvalue weighted by molar-refractivity contribution is 0.0250. The van der Waals surface area contributed by atoms with Crippen molar-refractivity contribution in [3.63, 3.8) is 0 Å². The molecule has 1 atom stereocenters. The van der Waals surface area contributed by atoms with E-state index in [-0.39, 0.29) is 0 Å². The molecule has 2 rings (SSSR count). The third kappa shape index (κ3) is 6.32. The Bertz CT molecular complexity index is 388. The van der Waals surface area contributed by atoms with E-state index in [1.54, 1.807) is 0 Å². The van der Waals surface area contributed by atoms with Gasteiger partial charge in [-0.3, -0.25) is 4.98 Å². The highest BCUT2D eigenvalue weighted by atomic mass is 31.0. The quantitative estimate of drug-likeness (QED) is 0.787. The van der Waals surface area contributed by atoms with Gasteiger partial charge in [-0.25, -0.2) is 0 Å². The van der Waals surface area contributed by atoms with Gasteiger partial charge in [-0.05, 0) is 34.4 Å². The van der Waals surface area contributed by atoms with Crippen LogP contribution in [0.5, 0.6) is 0 Å². The van der Waals surface area contributed by atoms with Crippen LogP contribution in [0, 0.1) is 0 Å². The standard InChI is InChI=1S/C17H29N2OP/c21-19-16-12-9-13-18-17(16)14-20-15-10-7-5-3-1-2-4-6-8-11-15/h9,12-13,15,19H,1-8,10-11,14,21H2. The van der Waals surface area contributed by atoms with Gasteiger partial charge in [0.15, 0.2) is 0 Å². The predicted octanol–water partition coefficient (Wildman–Crippen LogP) is 5.08. The number of anilines is 1. The van der Waals surface area contributed by atoms with E-state index in [0.717, 1.165) is 11.4 Å². The van der Waals surface area contributed by atoms with Gasteiger partial charge in [-0.2, -0.15) is 0 Å². The molecule has 1 unspecified atom stereocenters. The van der Waals surface area contributed by atoms with Gasteiger partial charge in [0, 0.05) is 6.20 Å². The Morgan fingerprint density at radius 2 is 1.67 bits per heavy atom. The van der Waals surface area contributed by atoms with E-state index in [1.165, 1.54) is 64.2 Å². The normalized spacial score (nSPS) is 18.9. The minimum Gasteiger partial charge on any atom is -0.372 e. The van der Waals surface area contributed by atoms with Crippen molar-refractivity contribution >= 4 is 15.1 Å². The first kappa shape index (κ1) is 16.7. The van der Waals surface area contributed by atoms with Crippen LogP contribution in [0.25, 0.3) is 0 Å². The SMILES string of the molecule is PNc1cccnc1COC1CCCCCCCCCC1. The van der Waals surface area contributed by atoms with Gasteiger partial charge in [-0.1, -0.05) is 51.4 Å². The van der Waals surface area contributed by atoms with Crippen molar-refractivity contribution in [1.29, 1.82) is 0 Å². The number of rotatable bonds is 4. The molecule has 4 heteroatoms. The second-order valence-corrected chi connectivity index (χ2v) is 6.27. The van der Waals surface area contributed by atoms with Crippen LogP contribution in [0.2, 0.25) is 0 Å². The fourth-order valence-electron chi connectivity index (χ4n) is 3.00. The zero-order chi connectivity index (χ0) is 14.8. The number of nitrogens with one attached hydrogen (secondary N) is 1. The minimum absolute atomic E-state index is 0.405. The van der Waals surface area contributed by atoms with Crippen molar-refractivity contribution < 1.29 is 4.74 Å². The largest absolute Gasteiger partial charge is 0.372 e. The molecule has 21 heavy (non-hydrogen) atoms. The Morgan fingerprint density at radius 1 is 1.05 bits per heavy atom. The fraction of sp³-hybridized carbons (Fsp3) is 0.706. The summed E-state index contributed by atoms with van der Waals surface area (Å²) in [7, 11) is 2.53. The summed E-state index contributed by atoms with van der Waals surface area (Å²) in [5.74, 6) is 0. The molecule has 0 aromatic carbocycles. The summed E-state index contributed by atoms with van der Waals surface area (Å²) in [6.07, 6.45) is 15.6. The Kier molecular flexibility index (Phi) is 8.06. The predicted molar refractivity (Wildman–Crippen MR) is 92.3 cm³/mol. The van der Waals surface area contributed by atoms with Crippen LogP contribution in [0.15, 0.2) is 18.3 Å². The number of hydrogen-bond donors (Lipinski definition) is 1. The third-order valence-electron chi connectivity index (χ3n) is 4.30. The molecule has 0 aliphatic heterocycles. The van der Waals surface area contributed by atoms with E-state index in [1.807, 2.05) is 18.3 Å². The summed E-state index contributed by atoms with van der Waals surface area (Å²) >= 11 is 0.